The second kappa shape index (κ2) is 12.9. The van der Waals surface area contributed by atoms with Crippen LogP contribution in [-0.4, -0.2) is 54.7 Å². The SMILES string of the molecule is COc1ncc(-c2cc(F)c3c(Nc4cc(Oc5cc(F)cc(F)c5)cc(C(=O)NO)c4)c(S(=O)(=O)NC4CC4)cnc3c2)c(OC)n1. The molecule has 1 saturated carbocycles. The van der Waals surface area contributed by atoms with E-state index >= 15 is 4.39 Å². The van der Waals surface area contributed by atoms with Gasteiger partial charge in [-0.15, -0.1) is 0 Å². The quantitative estimate of drug-likeness (QED) is 0.106. The van der Waals surface area contributed by atoms with Crippen molar-refractivity contribution >= 4 is 38.2 Å². The van der Waals surface area contributed by atoms with Crippen molar-refractivity contribution in [1.82, 2.24) is 25.2 Å². The molecule has 1 aliphatic carbocycles. The Hall–Kier alpha value is -5.52. The van der Waals surface area contributed by atoms with Crippen molar-refractivity contribution < 1.29 is 45.8 Å². The topological polar surface area (TPSA) is 174 Å². The number of halogens is 3. The van der Waals surface area contributed by atoms with Gasteiger partial charge in [0.15, 0.2) is 0 Å². The summed E-state index contributed by atoms with van der Waals surface area (Å²) in [4.78, 5) is 24.5. The van der Waals surface area contributed by atoms with Gasteiger partial charge in [-0.3, -0.25) is 15.0 Å². The van der Waals surface area contributed by atoms with Crippen LogP contribution >= 0.6 is 0 Å². The Labute approximate surface area is 270 Å². The Morgan fingerprint density at radius 3 is 2.31 bits per heavy atom. The van der Waals surface area contributed by atoms with Gasteiger partial charge in [-0.2, -0.15) is 4.98 Å². The van der Waals surface area contributed by atoms with Crippen molar-refractivity contribution in [2.24, 2.45) is 0 Å². The van der Waals surface area contributed by atoms with Crippen LogP contribution < -0.4 is 29.7 Å². The number of carbonyl (C=O) groups excluding carboxylic acids is 1. The number of pyridine rings is 1. The fraction of sp³-hybridized carbons (Fsp3) is 0.161. The molecule has 0 bridgehead atoms. The Morgan fingerprint density at radius 2 is 1.65 bits per heavy atom. The molecule has 1 aliphatic rings. The second-order valence-electron chi connectivity index (χ2n) is 10.5. The summed E-state index contributed by atoms with van der Waals surface area (Å²) >= 11 is 0. The Balaban J connectivity index is 1.51. The number of aromatic nitrogens is 3. The van der Waals surface area contributed by atoms with Crippen LogP contribution in [0, 0.1) is 17.5 Å². The smallest absolute Gasteiger partial charge is 0.319 e. The number of rotatable bonds is 11. The highest BCUT2D eigenvalue weighted by atomic mass is 32.2. The van der Waals surface area contributed by atoms with E-state index in [1.54, 1.807) is 0 Å². The van der Waals surface area contributed by atoms with Gasteiger partial charge < -0.3 is 19.5 Å². The van der Waals surface area contributed by atoms with Crippen molar-refractivity contribution in [3.05, 3.63) is 83.9 Å². The number of amides is 1. The molecule has 4 N–H and O–H groups in total. The number of nitrogens with zero attached hydrogens (tertiary/aromatic N) is 3. The van der Waals surface area contributed by atoms with E-state index in [1.807, 2.05) is 0 Å². The maximum absolute atomic E-state index is 16.2. The molecule has 0 aliphatic heterocycles. The molecule has 0 saturated heterocycles. The third-order valence-corrected chi connectivity index (χ3v) is 8.64. The van der Waals surface area contributed by atoms with Crippen molar-refractivity contribution in [1.29, 1.82) is 0 Å². The van der Waals surface area contributed by atoms with Crippen LogP contribution in [0.2, 0.25) is 0 Å². The van der Waals surface area contributed by atoms with Crippen LogP contribution in [0.1, 0.15) is 23.2 Å². The number of sulfonamides is 1. The normalized spacial score (nSPS) is 12.9. The van der Waals surface area contributed by atoms with E-state index in [0.717, 1.165) is 30.5 Å². The molecule has 0 radical (unpaired) electrons. The highest BCUT2D eigenvalue weighted by Crippen LogP contribution is 2.39. The van der Waals surface area contributed by atoms with Crippen molar-refractivity contribution in [3.63, 3.8) is 0 Å². The fourth-order valence-corrected chi connectivity index (χ4v) is 6.24. The molecule has 48 heavy (non-hydrogen) atoms. The number of hydrogen-bond acceptors (Lipinski definition) is 11. The van der Waals surface area contributed by atoms with E-state index in [1.165, 1.54) is 44.1 Å². The number of anilines is 2. The molecule has 0 unspecified atom stereocenters. The minimum atomic E-state index is -4.27. The second-order valence-corrected chi connectivity index (χ2v) is 12.2. The summed E-state index contributed by atoms with van der Waals surface area (Å²) in [5.74, 6) is -4.07. The largest absolute Gasteiger partial charge is 0.480 e. The first-order valence-corrected chi connectivity index (χ1v) is 15.6. The van der Waals surface area contributed by atoms with E-state index in [-0.39, 0.29) is 62.8 Å². The number of methoxy groups -OCH3 is 2. The summed E-state index contributed by atoms with van der Waals surface area (Å²) in [7, 11) is -1.53. The highest BCUT2D eigenvalue weighted by molar-refractivity contribution is 7.89. The lowest BCUT2D eigenvalue weighted by atomic mass is 10.0. The predicted octanol–water partition coefficient (Wildman–Crippen LogP) is 5.22. The summed E-state index contributed by atoms with van der Waals surface area (Å²) < 4.78 is 89.5. The summed E-state index contributed by atoms with van der Waals surface area (Å²) in [6.07, 6.45) is 3.66. The summed E-state index contributed by atoms with van der Waals surface area (Å²) in [6, 6.07) is 8.39. The molecule has 0 spiro atoms. The van der Waals surface area contributed by atoms with Crippen LogP contribution in [0.3, 0.4) is 0 Å². The molecule has 1 fully saturated rings. The molecule has 13 nitrogen and oxygen atoms in total. The summed E-state index contributed by atoms with van der Waals surface area (Å²) in [5.41, 5.74) is 1.57. The van der Waals surface area contributed by atoms with Gasteiger partial charge >= 0.3 is 6.01 Å². The van der Waals surface area contributed by atoms with E-state index in [2.05, 4.69) is 25.0 Å². The molecule has 5 aromatic rings. The van der Waals surface area contributed by atoms with Gasteiger partial charge in [-0.05, 0) is 42.7 Å². The summed E-state index contributed by atoms with van der Waals surface area (Å²) in [5, 5.41) is 11.9. The number of nitrogens with one attached hydrogen (secondary N) is 3. The molecule has 2 aromatic heterocycles. The standard InChI is InChI=1S/C31H25F3N6O7S/c1-45-30-23(13-36-31(38-30)46-2)15-7-24(34)27-25(8-15)35-14-26(48(43,44)40-19-3-4-19)28(27)37-20-5-16(29(41)39-42)6-21(12-20)47-22-10-17(32)9-18(33)11-22/h5-14,19,40,42H,3-4H2,1-2H3,(H,35,37)(H,39,41). The molecule has 3 aromatic carbocycles. The van der Waals surface area contributed by atoms with Gasteiger partial charge in [0, 0.05) is 54.0 Å². The van der Waals surface area contributed by atoms with Gasteiger partial charge in [-0.1, -0.05) is 0 Å². The van der Waals surface area contributed by atoms with E-state index in [0.29, 0.717) is 24.5 Å². The van der Waals surface area contributed by atoms with Crippen molar-refractivity contribution in [2.45, 2.75) is 23.8 Å². The molecule has 248 valence electrons. The lowest BCUT2D eigenvalue weighted by Crippen LogP contribution is -2.26. The minimum absolute atomic E-state index is 0.0162. The summed E-state index contributed by atoms with van der Waals surface area (Å²) in [6.45, 7) is 0. The molecule has 17 heteroatoms. The maximum Gasteiger partial charge on any atom is 0.319 e. The number of hydrogen-bond donors (Lipinski definition) is 4. The van der Waals surface area contributed by atoms with Crippen LogP contribution in [-0.2, 0) is 10.0 Å². The molecule has 2 heterocycles. The van der Waals surface area contributed by atoms with E-state index in [4.69, 9.17) is 14.2 Å². The molecule has 1 amide bonds. The van der Waals surface area contributed by atoms with E-state index in [9.17, 15) is 27.2 Å². The zero-order valence-electron chi connectivity index (χ0n) is 25.0. The van der Waals surface area contributed by atoms with Gasteiger partial charge in [0.2, 0.25) is 15.9 Å². The number of hydroxylamine groups is 1. The Kier molecular flexibility index (Phi) is 8.74. The highest BCUT2D eigenvalue weighted by Gasteiger charge is 2.31. The Bertz CT molecular complexity index is 2160. The third kappa shape index (κ3) is 6.78. The van der Waals surface area contributed by atoms with Crippen LogP contribution in [0.15, 0.2) is 65.8 Å². The molecular weight excluding hydrogens is 657 g/mol. The first kappa shape index (κ1) is 32.4. The Morgan fingerprint density at radius 1 is 0.917 bits per heavy atom. The van der Waals surface area contributed by atoms with Crippen molar-refractivity contribution in [2.75, 3.05) is 19.5 Å². The molecular formula is C31H25F3N6O7S. The first-order chi connectivity index (χ1) is 23.0. The van der Waals surface area contributed by atoms with Gasteiger partial charge in [0.25, 0.3) is 5.91 Å². The van der Waals surface area contributed by atoms with Gasteiger partial charge in [0.05, 0.1) is 36.4 Å². The average Bonchev–Trinajstić information content (AvgIpc) is 3.86. The fourth-order valence-electron chi connectivity index (χ4n) is 4.82. The van der Waals surface area contributed by atoms with E-state index < -0.39 is 38.3 Å². The van der Waals surface area contributed by atoms with Crippen LogP contribution in [0.5, 0.6) is 23.4 Å². The van der Waals surface area contributed by atoms with Crippen LogP contribution in [0.25, 0.3) is 22.0 Å². The lowest BCUT2D eigenvalue weighted by Gasteiger charge is -2.18. The zero-order chi connectivity index (χ0) is 34.2. The average molecular weight is 683 g/mol. The number of benzene rings is 3. The maximum atomic E-state index is 16.2. The number of fused-ring (bicyclic) bond motifs is 1. The molecule has 6 rings (SSSR count). The monoisotopic (exact) mass is 682 g/mol. The zero-order valence-corrected chi connectivity index (χ0v) is 25.9. The molecule has 0 atom stereocenters. The predicted molar refractivity (Wildman–Crippen MR) is 165 cm³/mol. The third-order valence-electron chi connectivity index (χ3n) is 7.11. The first-order valence-electron chi connectivity index (χ1n) is 14.1. The van der Waals surface area contributed by atoms with Gasteiger partial charge in [-0.25, -0.2) is 36.8 Å². The van der Waals surface area contributed by atoms with Gasteiger partial charge in [0.1, 0.15) is 33.8 Å². The van der Waals surface area contributed by atoms with Crippen LogP contribution in [0.4, 0.5) is 24.5 Å². The lowest BCUT2D eigenvalue weighted by molar-refractivity contribution is 0.0706. The number of ether oxygens (including phenoxy) is 3. The number of carbonyl (C=O) groups is 1. The van der Waals surface area contributed by atoms with Crippen molar-refractivity contribution in [3.8, 4) is 34.5 Å². The minimum Gasteiger partial charge on any atom is -0.480 e.